The first kappa shape index (κ1) is 7.21. The van der Waals surface area contributed by atoms with Crippen molar-refractivity contribution in [3.05, 3.63) is 16.1 Å². The van der Waals surface area contributed by atoms with Crippen molar-refractivity contribution in [2.45, 2.75) is 25.0 Å². The molecule has 1 fully saturated rings. The van der Waals surface area contributed by atoms with Crippen molar-refractivity contribution in [1.29, 1.82) is 0 Å². The molecule has 1 saturated carbocycles. The van der Waals surface area contributed by atoms with Gasteiger partial charge in [-0.3, -0.25) is 0 Å². The molecule has 3 nitrogen and oxygen atoms in total. The fourth-order valence-electron chi connectivity index (χ4n) is 1.00. The molecule has 1 aromatic heterocycles. The van der Waals surface area contributed by atoms with E-state index in [1.165, 1.54) is 11.3 Å². The van der Waals surface area contributed by atoms with Crippen LogP contribution in [0.5, 0.6) is 0 Å². The Morgan fingerprint density at radius 2 is 2.45 bits per heavy atom. The van der Waals surface area contributed by atoms with Gasteiger partial charge in [0.15, 0.2) is 0 Å². The van der Waals surface area contributed by atoms with Crippen LogP contribution < -0.4 is 5.73 Å². The van der Waals surface area contributed by atoms with Gasteiger partial charge in [0.1, 0.15) is 5.01 Å². The highest BCUT2D eigenvalue weighted by molar-refractivity contribution is 7.09. The van der Waals surface area contributed by atoms with Gasteiger partial charge in [-0.2, -0.15) is 0 Å². The Morgan fingerprint density at radius 1 is 1.73 bits per heavy atom. The number of hydrogen-bond acceptors (Lipinski definition) is 4. The Morgan fingerprint density at radius 3 is 2.91 bits per heavy atom. The van der Waals surface area contributed by atoms with E-state index in [4.69, 9.17) is 10.8 Å². The molecule has 11 heavy (non-hydrogen) atoms. The largest absolute Gasteiger partial charge is 0.389 e. The Bertz CT molecular complexity index is 267. The molecule has 0 aliphatic heterocycles. The van der Waals surface area contributed by atoms with Gasteiger partial charge in [0.05, 0.1) is 17.8 Å². The zero-order chi connectivity index (χ0) is 7.90. The average molecular weight is 170 g/mol. The summed E-state index contributed by atoms with van der Waals surface area (Å²) in [6.07, 6.45) is 2.06. The van der Waals surface area contributed by atoms with Crippen molar-refractivity contribution in [3.8, 4) is 0 Å². The summed E-state index contributed by atoms with van der Waals surface area (Å²) in [6.45, 7) is 0.0285. The molecule has 0 atom stereocenters. The number of hydrogen-bond donors (Lipinski definition) is 2. The second kappa shape index (κ2) is 2.27. The maximum atomic E-state index is 8.74. The van der Waals surface area contributed by atoms with Crippen molar-refractivity contribution in [3.63, 3.8) is 0 Å². The van der Waals surface area contributed by atoms with Crippen molar-refractivity contribution in [2.75, 3.05) is 0 Å². The van der Waals surface area contributed by atoms with Gasteiger partial charge in [0.2, 0.25) is 0 Å². The second-order valence-corrected chi connectivity index (χ2v) is 3.88. The maximum Gasteiger partial charge on any atom is 0.118 e. The van der Waals surface area contributed by atoms with E-state index in [9.17, 15) is 0 Å². The predicted molar refractivity (Wildman–Crippen MR) is 43.1 cm³/mol. The summed E-state index contributed by atoms with van der Waals surface area (Å²) in [5.74, 6) is 0. The molecule has 4 heteroatoms. The van der Waals surface area contributed by atoms with E-state index in [0.717, 1.165) is 23.5 Å². The number of nitrogens with two attached hydrogens (primary N) is 1. The van der Waals surface area contributed by atoms with Crippen LogP contribution in [0.25, 0.3) is 0 Å². The Hall–Kier alpha value is -0.450. The molecule has 1 heterocycles. The molecule has 1 aliphatic rings. The van der Waals surface area contributed by atoms with Gasteiger partial charge in [0.25, 0.3) is 0 Å². The van der Waals surface area contributed by atoms with Crippen LogP contribution in [-0.4, -0.2) is 10.1 Å². The van der Waals surface area contributed by atoms with Crippen molar-refractivity contribution in [2.24, 2.45) is 5.73 Å². The average Bonchev–Trinajstić information content (AvgIpc) is 2.61. The molecule has 0 unspecified atom stereocenters. The summed E-state index contributed by atoms with van der Waals surface area (Å²) in [4.78, 5) is 4.21. The first-order valence-corrected chi connectivity index (χ1v) is 4.47. The van der Waals surface area contributed by atoms with Crippen molar-refractivity contribution in [1.82, 2.24) is 4.98 Å². The molecule has 0 radical (unpaired) electrons. The second-order valence-electron chi connectivity index (χ2n) is 2.94. The van der Waals surface area contributed by atoms with Gasteiger partial charge in [-0.1, -0.05) is 0 Å². The summed E-state index contributed by atoms with van der Waals surface area (Å²) < 4.78 is 0. The highest BCUT2D eigenvalue weighted by Crippen LogP contribution is 2.42. The van der Waals surface area contributed by atoms with E-state index in [0.29, 0.717) is 0 Å². The Balaban J connectivity index is 2.25. The number of aliphatic hydroxyl groups excluding tert-OH is 1. The fourth-order valence-corrected chi connectivity index (χ4v) is 1.76. The Labute approximate surface area is 68.9 Å². The van der Waals surface area contributed by atoms with Crippen LogP contribution >= 0.6 is 11.3 Å². The highest BCUT2D eigenvalue weighted by atomic mass is 32.1. The first-order valence-electron chi connectivity index (χ1n) is 3.59. The van der Waals surface area contributed by atoms with E-state index in [-0.39, 0.29) is 12.1 Å². The van der Waals surface area contributed by atoms with Crippen LogP contribution in [-0.2, 0) is 12.1 Å². The summed E-state index contributed by atoms with van der Waals surface area (Å²) >= 11 is 1.48. The van der Waals surface area contributed by atoms with Gasteiger partial charge in [0, 0.05) is 5.38 Å². The summed E-state index contributed by atoms with van der Waals surface area (Å²) in [5, 5.41) is 11.4. The standard InChI is InChI=1S/C7H10N2OS/c8-7(1-2-7)5-4-11-6(3-10)9-5/h4,10H,1-3,8H2. The number of nitrogens with zero attached hydrogens (tertiary/aromatic N) is 1. The third kappa shape index (κ3) is 1.17. The molecule has 1 aromatic rings. The van der Waals surface area contributed by atoms with Gasteiger partial charge < -0.3 is 10.8 Å². The summed E-state index contributed by atoms with van der Waals surface area (Å²) in [6, 6.07) is 0. The minimum Gasteiger partial charge on any atom is -0.389 e. The minimum absolute atomic E-state index is 0.0285. The lowest BCUT2D eigenvalue weighted by Crippen LogP contribution is -2.19. The van der Waals surface area contributed by atoms with E-state index in [1.807, 2.05) is 5.38 Å². The third-order valence-corrected chi connectivity index (χ3v) is 2.82. The maximum absolute atomic E-state index is 8.74. The van der Waals surface area contributed by atoms with Crippen LogP contribution in [0.4, 0.5) is 0 Å². The molecule has 60 valence electrons. The first-order chi connectivity index (χ1) is 5.24. The van der Waals surface area contributed by atoms with Crippen molar-refractivity contribution >= 4 is 11.3 Å². The van der Waals surface area contributed by atoms with Gasteiger partial charge in [-0.05, 0) is 12.8 Å². The molecule has 0 aromatic carbocycles. The minimum atomic E-state index is -0.149. The lowest BCUT2D eigenvalue weighted by Gasteiger charge is -2.01. The molecule has 3 N–H and O–H groups in total. The number of aromatic nitrogens is 1. The van der Waals surface area contributed by atoms with Crippen LogP contribution in [0.15, 0.2) is 5.38 Å². The van der Waals surface area contributed by atoms with E-state index in [1.54, 1.807) is 0 Å². The van der Waals surface area contributed by atoms with Crippen LogP contribution in [0, 0.1) is 0 Å². The van der Waals surface area contributed by atoms with Crippen LogP contribution in [0.1, 0.15) is 23.5 Å². The summed E-state index contributed by atoms with van der Waals surface area (Å²) in [5.41, 5.74) is 6.70. The van der Waals surface area contributed by atoms with Gasteiger partial charge in [-0.25, -0.2) is 4.98 Å². The molecule has 0 saturated heterocycles. The third-order valence-electron chi connectivity index (χ3n) is 1.99. The topological polar surface area (TPSA) is 59.1 Å². The Kier molecular flexibility index (Phi) is 1.49. The molecule has 0 bridgehead atoms. The quantitative estimate of drug-likeness (QED) is 0.682. The fraction of sp³-hybridized carbons (Fsp3) is 0.571. The molecule has 2 rings (SSSR count). The zero-order valence-corrected chi connectivity index (χ0v) is 6.90. The van der Waals surface area contributed by atoms with Crippen LogP contribution in [0.3, 0.4) is 0 Å². The molecular weight excluding hydrogens is 160 g/mol. The zero-order valence-electron chi connectivity index (χ0n) is 6.08. The molecule has 0 amide bonds. The molecule has 0 spiro atoms. The SMILES string of the molecule is NC1(c2csc(CO)n2)CC1. The van der Waals surface area contributed by atoms with E-state index < -0.39 is 0 Å². The highest BCUT2D eigenvalue weighted by Gasteiger charge is 2.42. The van der Waals surface area contributed by atoms with E-state index >= 15 is 0 Å². The predicted octanol–water partition coefficient (Wildman–Crippen LogP) is 0.583. The van der Waals surface area contributed by atoms with Gasteiger partial charge in [-0.15, -0.1) is 11.3 Å². The smallest absolute Gasteiger partial charge is 0.118 e. The molecular formula is C7H10N2OS. The number of aliphatic hydroxyl groups is 1. The molecule has 1 aliphatic carbocycles. The van der Waals surface area contributed by atoms with E-state index in [2.05, 4.69) is 4.98 Å². The monoisotopic (exact) mass is 170 g/mol. The van der Waals surface area contributed by atoms with Crippen molar-refractivity contribution < 1.29 is 5.11 Å². The van der Waals surface area contributed by atoms with Crippen LogP contribution in [0.2, 0.25) is 0 Å². The normalized spacial score (nSPS) is 20.2. The lowest BCUT2D eigenvalue weighted by atomic mass is 10.2. The van der Waals surface area contributed by atoms with Gasteiger partial charge >= 0.3 is 0 Å². The summed E-state index contributed by atoms with van der Waals surface area (Å²) in [7, 11) is 0. The number of thiazole rings is 1. The lowest BCUT2D eigenvalue weighted by molar-refractivity contribution is 0.281. The number of rotatable bonds is 2.